The predicted octanol–water partition coefficient (Wildman–Crippen LogP) is 3.91. The molecule has 2 fully saturated rings. The van der Waals surface area contributed by atoms with Crippen molar-refractivity contribution in [2.45, 2.75) is 64.1 Å². The molecular formula is C14H28NO3P. The number of rotatable bonds is 6. The predicted molar refractivity (Wildman–Crippen MR) is 77.4 cm³/mol. The lowest BCUT2D eigenvalue weighted by molar-refractivity contribution is 0.151. The molecule has 0 spiro atoms. The Bertz CT molecular complexity index is 313. The van der Waals surface area contributed by atoms with Crippen molar-refractivity contribution < 1.29 is 13.6 Å². The molecule has 1 N–H and O–H groups in total. The average molecular weight is 289 g/mol. The molecule has 5 heteroatoms. The van der Waals surface area contributed by atoms with Crippen LogP contribution in [-0.2, 0) is 13.6 Å². The highest BCUT2D eigenvalue weighted by Crippen LogP contribution is 2.66. The van der Waals surface area contributed by atoms with Crippen molar-refractivity contribution in [3.8, 4) is 0 Å². The average Bonchev–Trinajstić information content (AvgIpc) is 2.91. The monoisotopic (exact) mass is 289 g/mol. The van der Waals surface area contributed by atoms with Crippen molar-refractivity contribution in [1.82, 2.24) is 5.32 Å². The maximum absolute atomic E-state index is 13.3. The molecule has 2 rings (SSSR count). The van der Waals surface area contributed by atoms with Gasteiger partial charge in [0.15, 0.2) is 0 Å². The highest BCUT2D eigenvalue weighted by molar-refractivity contribution is 7.55. The first-order chi connectivity index (χ1) is 9.18. The highest BCUT2D eigenvalue weighted by atomic mass is 31.2. The summed E-state index contributed by atoms with van der Waals surface area (Å²) in [6, 6.07) is 0. The van der Waals surface area contributed by atoms with Gasteiger partial charge in [0.05, 0.1) is 13.2 Å². The molecule has 0 aromatic heterocycles. The summed E-state index contributed by atoms with van der Waals surface area (Å²) in [5.41, 5.74) is 0. The number of nitrogens with one attached hydrogen (secondary N) is 1. The van der Waals surface area contributed by atoms with Crippen LogP contribution in [0.15, 0.2) is 0 Å². The third-order valence-corrected chi connectivity index (χ3v) is 7.45. The molecule has 0 aromatic carbocycles. The summed E-state index contributed by atoms with van der Waals surface area (Å²) in [6.07, 6.45) is 8.09. The zero-order chi connectivity index (χ0) is 13.8. The van der Waals surface area contributed by atoms with Crippen LogP contribution in [0.25, 0.3) is 0 Å². The molecule has 2 aliphatic rings. The second-order valence-electron chi connectivity index (χ2n) is 5.62. The van der Waals surface area contributed by atoms with E-state index in [1.807, 2.05) is 13.8 Å². The number of hydrogen-bond donors (Lipinski definition) is 1. The lowest BCUT2D eigenvalue weighted by Crippen LogP contribution is -2.48. The Morgan fingerprint density at radius 2 is 1.74 bits per heavy atom. The van der Waals surface area contributed by atoms with Gasteiger partial charge in [-0.15, -0.1) is 0 Å². The molecule has 0 unspecified atom stereocenters. The highest BCUT2D eigenvalue weighted by Gasteiger charge is 2.56. The first-order valence-electron chi connectivity index (χ1n) is 7.83. The minimum absolute atomic E-state index is 0.417. The summed E-state index contributed by atoms with van der Waals surface area (Å²) in [4.78, 5) is 0. The minimum atomic E-state index is -3.08. The van der Waals surface area contributed by atoms with E-state index < -0.39 is 12.9 Å². The van der Waals surface area contributed by atoms with Crippen molar-refractivity contribution in [2.24, 2.45) is 5.92 Å². The van der Waals surface area contributed by atoms with Gasteiger partial charge >= 0.3 is 7.60 Å². The molecule has 1 aliphatic carbocycles. The molecule has 0 bridgehead atoms. The second kappa shape index (κ2) is 6.71. The van der Waals surface area contributed by atoms with Crippen LogP contribution in [0.1, 0.15) is 58.8 Å². The van der Waals surface area contributed by atoms with E-state index >= 15 is 0 Å². The van der Waals surface area contributed by atoms with Gasteiger partial charge < -0.3 is 14.4 Å². The van der Waals surface area contributed by atoms with Crippen LogP contribution in [0.4, 0.5) is 0 Å². The summed E-state index contributed by atoms with van der Waals surface area (Å²) < 4.78 is 24.7. The second-order valence-corrected chi connectivity index (χ2v) is 7.93. The Morgan fingerprint density at radius 1 is 1.11 bits per heavy atom. The first kappa shape index (κ1) is 15.5. The molecule has 4 nitrogen and oxygen atoms in total. The van der Waals surface area contributed by atoms with Crippen LogP contribution in [-0.4, -0.2) is 25.0 Å². The van der Waals surface area contributed by atoms with Gasteiger partial charge in [-0.3, -0.25) is 4.57 Å². The Balaban J connectivity index is 2.27. The normalized spacial score (nSPS) is 29.8. The number of hydrogen-bond acceptors (Lipinski definition) is 4. The maximum atomic E-state index is 13.3. The fourth-order valence-corrected chi connectivity index (χ4v) is 6.40. The van der Waals surface area contributed by atoms with Crippen molar-refractivity contribution in [2.75, 3.05) is 19.8 Å². The lowest BCUT2D eigenvalue weighted by Gasteiger charge is -2.43. The van der Waals surface area contributed by atoms with Crippen LogP contribution in [0.3, 0.4) is 0 Å². The van der Waals surface area contributed by atoms with Crippen molar-refractivity contribution in [3.63, 3.8) is 0 Å². The van der Waals surface area contributed by atoms with Gasteiger partial charge in [-0.05, 0) is 52.0 Å². The van der Waals surface area contributed by atoms with Gasteiger partial charge in [-0.25, -0.2) is 0 Å². The standard InChI is InChI=1S/C14H28NO3P/c1-3-17-19(16,18-4-2)14(11-8-12-15-14)13-9-6-5-7-10-13/h13,15H,3-12H2,1-2H3/t14-/m1/s1. The molecular weight excluding hydrogens is 261 g/mol. The fourth-order valence-electron chi connectivity index (χ4n) is 3.74. The largest absolute Gasteiger partial charge is 0.350 e. The van der Waals surface area contributed by atoms with E-state index in [1.165, 1.54) is 19.3 Å². The molecule has 0 aromatic rings. The van der Waals surface area contributed by atoms with Gasteiger partial charge in [0.25, 0.3) is 0 Å². The van der Waals surface area contributed by atoms with Crippen molar-refractivity contribution in [3.05, 3.63) is 0 Å². The van der Waals surface area contributed by atoms with Gasteiger partial charge in [0, 0.05) is 0 Å². The Kier molecular flexibility index (Phi) is 5.47. The van der Waals surface area contributed by atoms with Crippen LogP contribution < -0.4 is 5.32 Å². The molecule has 0 amide bonds. The summed E-state index contributed by atoms with van der Waals surface area (Å²) in [5, 5.41) is 3.12. The van der Waals surface area contributed by atoms with E-state index in [4.69, 9.17) is 9.05 Å². The van der Waals surface area contributed by atoms with Crippen LogP contribution >= 0.6 is 7.60 Å². The Morgan fingerprint density at radius 3 is 2.21 bits per heavy atom. The van der Waals surface area contributed by atoms with Gasteiger partial charge in [-0.1, -0.05) is 19.3 Å². The summed E-state index contributed by atoms with van der Waals surface area (Å²) in [6.45, 7) is 5.63. The summed E-state index contributed by atoms with van der Waals surface area (Å²) >= 11 is 0. The van der Waals surface area contributed by atoms with Gasteiger partial charge in [0.2, 0.25) is 0 Å². The molecule has 1 heterocycles. The third kappa shape index (κ3) is 2.92. The van der Waals surface area contributed by atoms with E-state index in [0.29, 0.717) is 19.1 Å². The van der Waals surface area contributed by atoms with E-state index in [9.17, 15) is 4.57 Å². The van der Waals surface area contributed by atoms with E-state index in [2.05, 4.69) is 5.32 Å². The topological polar surface area (TPSA) is 47.6 Å². The van der Waals surface area contributed by atoms with Gasteiger partial charge in [0.1, 0.15) is 5.28 Å². The van der Waals surface area contributed by atoms with Crippen molar-refractivity contribution >= 4 is 7.60 Å². The zero-order valence-corrected chi connectivity index (χ0v) is 13.2. The third-order valence-electron chi connectivity index (χ3n) is 4.53. The molecule has 1 saturated heterocycles. The lowest BCUT2D eigenvalue weighted by atomic mass is 9.83. The fraction of sp³-hybridized carbons (Fsp3) is 1.00. The Labute approximate surface area is 117 Å². The van der Waals surface area contributed by atoms with Crippen LogP contribution in [0.2, 0.25) is 0 Å². The minimum Gasteiger partial charge on any atom is -0.308 e. The molecule has 19 heavy (non-hydrogen) atoms. The zero-order valence-electron chi connectivity index (χ0n) is 12.3. The molecule has 112 valence electrons. The quantitative estimate of drug-likeness (QED) is 0.753. The summed E-state index contributed by atoms with van der Waals surface area (Å²) in [7, 11) is -3.08. The smallest absolute Gasteiger partial charge is 0.308 e. The van der Waals surface area contributed by atoms with Crippen LogP contribution in [0, 0.1) is 5.92 Å². The first-order valence-corrected chi connectivity index (χ1v) is 9.37. The molecule has 1 atom stereocenters. The Hall–Kier alpha value is 0.110. The van der Waals surface area contributed by atoms with E-state index in [1.54, 1.807) is 0 Å². The van der Waals surface area contributed by atoms with Crippen LogP contribution in [0.5, 0.6) is 0 Å². The maximum Gasteiger partial charge on any atom is 0.350 e. The van der Waals surface area contributed by atoms with Gasteiger partial charge in [-0.2, -0.15) is 0 Å². The molecule has 1 aliphatic heterocycles. The van der Waals surface area contributed by atoms with E-state index in [0.717, 1.165) is 32.2 Å². The van der Waals surface area contributed by atoms with E-state index in [-0.39, 0.29) is 0 Å². The SMILES string of the molecule is CCOP(=O)(OCC)[C@@]1(C2CCCCC2)CCCN1. The molecule has 1 saturated carbocycles. The summed E-state index contributed by atoms with van der Waals surface area (Å²) in [5.74, 6) is 0.438. The van der Waals surface area contributed by atoms with Crippen molar-refractivity contribution in [1.29, 1.82) is 0 Å². The molecule has 0 radical (unpaired) electrons.